The highest BCUT2D eigenvalue weighted by atomic mass is 16.5. The van der Waals surface area contributed by atoms with Crippen LogP contribution in [0.2, 0.25) is 0 Å². The molecule has 5 heteroatoms. The lowest BCUT2D eigenvalue weighted by Gasteiger charge is -2.38. The molecule has 1 aromatic rings. The summed E-state index contributed by atoms with van der Waals surface area (Å²) in [5, 5.41) is 3.17. The van der Waals surface area contributed by atoms with Crippen LogP contribution in [0.15, 0.2) is 6.33 Å². The molecule has 2 atom stereocenters. The number of ether oxygens (including phenoxy) is 2. The van der Waals surface area contributed by atoms with E-state index in [1.807, 2.05) is 6.92 Å². The van der Waals surface area contributed by atoms with Crippen LogP contribution in [0.3, 0.4) is 0 Å². The molecule has 2 unspecified atom stereocenters. The Morgan fingerprint density at radius 3 is 2.71 bits per heavy atom. The largest absolute Gasteiger partial charge is 0.489 e. The lowest BCUT2D eigenvalue weighted by Crippen LogP contribution is -2.34. The Morgan fingerprint density at radius 2 is 2.10 bits per heavy atom. The maximum Gasteiger partial charge on any atom is 0.262 e. The van der Waals surface area contributed by atoms with Crippen molar-refractivity contribution in [1.82, 2.24) is 9.97 Å². The van der Waals surface area contributed by atoms with E-state index >= 15 is 0 Å². The summed E-state index contributed by atoms with van der Waals surface area (Å²) in [6.07, 6.45) is 5.06. The van der Waals surface area contributed by atoms with Gasteiger partial charge in [0, 0.05) is 6.54 Å². The molecule has 1 N–H and O–H groups in total. The third kappa shape index (κ3) is 3.99. The molecule has 118 valence electrons. The van der Waals surface area contributed by atoms with E-state index in [2.05, 4.69) is 36.1 Å². The Hall–Kier alpha value is -1.52. The predicted octanol–water partition coefficient (Wildman–Crippen LogP) is 3.51. The van der Waals surface area contributed by atoms with Gasteiger partial charge in [-0.05, 0) is 37.5 Å². The quantitative estimate of drug-likeness (QED) is 0.900. The zero-order valence-corrected chi connectivity index (χ0v) is 13.8. The summed E-state index contributed by atoms with van der Waals surface area (Å²) in [4.78, 5) is 8.47. The molecular weight excluding hydrogens is 266 g/mol. The minimum absolute atomic E-state index is 0.182. The standard InChI is InChI=1S/C16H27N3O2/c1-6-17-14-13(20-5)15(19-10-18-14)21-12-7-11(2)8-16(3,4)9-12/h10-12H,6-9H2,1-5H3,(H,17,18,19). The minimum atomic E-state index is 0.182. The molecule has 0 bridgehead atoms. The van der Waals surface area contributed by atoms with Crippen LogP contribution in [-0.2, 0) is 0 Å². The molecule has 1 fully saturated rings. The van der Waals surface area contributed by atoms with Crippen molar-refractivity contribution in [1.29, 1.82) is 0 Å². The Morgan fingerprint density at radius 1 is 1.33 bits per heavy atom. The Bertz CT molecular complexity index is 477. The topological polar surface area (TPSA) is 56.3 Å². The number of anilines is 1. The summed E-state index contributed by atoms with van der Waals surface area (Å²) in [7, 11) is 1.62. The SMILES string of the molecule is CCNc1ncnc(OC2CC(C)CC(C)(C)C2)c1OC. The number of nitrogens with zero attached hydrogens (tertiary/aromatic N) is 2. The Kier molecular flexibility index (Phi) is 4.91. The van der Waals surface area contributed by atoms with Crippen LogP contribution in [-0.4, -0.2) is 29.7 Å². The summed E-state index contributed by atoms with van der Waals surface area (Å²) in [5.41, 5.74) is 0.313. The van der Waals surface area contributed by atoms with Crippen LogP contribution in [0.5, 0.6) is 11.6 Å². The molecule has 0 amide bonds. The number of hydrogen-bond acceptors (Lipinski definition) is 5. The molecule has 1 heterocycles. The number of hydrogen-bond donors (Lipinski definition) is 1. The van der Waals surface area contributed by atoms with E-state index < -0.39 is 0 Å². The predicted molar refractivity (Wildman–Crippen MR) is 84.0 cm³/mol. The first-order valence-corrected chi connectivity index (χ1v) is 7.74. The van der Waals surface area contributed by atoms with E-state index in [-0.39, 0.29) is 6.10 Å². The van der Waals surface area contributed by atoms with E-state index in [9.17, 15) is 0 Å². The summed E-state index contributed by atoms with van der Waals surface area (Å²) < 4.78 is 11.6. The third-order valence-corrected chi connectivity index (χ3v) is 3.94. The second-order valence-electron chi connectivity index (χ2n) is 6.74. The maximum atomic E-state index is 6.15. The van der Waals surface area contributed by atoms with Crippen molar-refractivity contribution in [2.75, 3.05) is 19.0 Å². The Balaban J connectivity index is 2.17. The lowest BCUT2D eigenvalue weighted by molar-refractivity contribution is 0.0512. The van der Waals surface area contributed by atoms with Gasteiger partial charge in [-0.25, -0.2) is 4.98 Å². The van der Waals surface area contributed by atoms with Crippen LogP contribution < -0.4 is 14.8 Å². The monoisotopic (exact) mass is 293 g/mol. The highest BCUT2D eigenvalue weighted by Crippen LogP contribution is 2.41. The highest BCUT2D eigenvalue weighted by molar-refractivity contribution is 5.54. The first-order valence-electron chi connectivity index (χ1n) is 7.74. The van der Waals surface area contributed by atoms with Crippen LogP contribution >= 0.6 is 0 Å². The molecule has 0 aliphatic heterocycles. The van der Waals surface area contributed by atoms with Crippen molar-refractivity contribution in [3.63, 3.8) is 0 Å². The van der Waals surface area contributed by atoms with Gasteiger partial charge in [0.2, 0.25) is 5.75 Å². The molecule has 5 nitrogen and oxygen atoms in total. The van der Waals surface area contributed by atoms with Crippen molar-refractivity contribution in [3.8, 4) is 11.6 Å². The zero-order chi connectivity index (χ0) is 15.5. The van der Waals surface area contributed by atoms with Gasteiger partial charge in [0.25, 0.3) is 5.88 Å². The molecule has 0 aromatic carbocycles. The molecule has 1 aliphatic rings. The fraction of sp³-hybridized carbons (Fsp3) is 0.750. The normalized spacial score (nSPS) is 24.4. The second-order valence-corrected chi connectivity index (χ2v) is 6.74. The van der Waals surface area contributed by atoms with E-state index in [1.54, 1.807) is 7.11 Å². The number of methoxy groups -OCH3 is 1. The van der Waals surface area contributed by atoms with Crippen molar-refractivity contribution >= 4 is 5.82 Å². The fourth-order valence-electron chi connectivity index (χ4n) is 3.42. The van der Waals surface area contributed by atoms with Gasteiger partial charge < -0.3 is 14.8 Å². The van der Waals surface area contributed by atoms with Gasteiger partial charge in [-0.15, -0.1) is 0 Å². The number of rotatable bonds is 5. The third-order valence-electron chi connectivity index (χ3n) is 3.94. The van der Waals surface area contributed by atoms with Gasteiger partial charge in [-0.1, -0.05) is 20.8 Å². The van der Waals surface area contributed by atoms with Crippen molar-refractivity contribution in [3.05, 3.63) is 6.33 Å². The van der Waals surface area contributed by atoms with Crippen LogP contribution in [0.25, 0.3) is 0 Å². The van der Waals surface area contributed by atoms with Gasteiger partial charge in [0.15, 0.2) is 5.82 Å². The van der Waals surface area contributed by atoms with Crippen LogP contribution in [0.1, 0.15) is 47.0 Å². The molecule has 1 saturated carbocycles. The maximum absolute atomic E-state index is 6.15. The van der Waals surface area contributed by atoms with E-state index in [1.165, 1.54) is 12.7 Å². The van der Waals surface area contributed by atoms with Gasteiger partial charge in [-0.2, -0.15) is 4.98 Å². The van der Waals surface area contributed by atoms with E-state index in [0.29, 0.717) is 28.8 Å². The first kappa shape index (κ1) is 15.9. The van der Waals surface area contributed by atoms with Gasteiger partial charge >= 0.3 is 0 Å². The van der Waals surface area contributed by atoms with E-state index in [4.69, 9.17) is 9.47 Å². The number of nitrogens with one attached hydrogen (secondary N) is 1. The average molecular weight is 293 g/mol. The molecule has 0 saturated heterocycles. The summed E-state index contributed by atoms with van der Waals surface area (Å²) in [6, 6.07) is 0. The van der Waals surface area contributed by atoms with Gasteiger partial charge in [0.05, 0.1) is 7.11 Å². The smallest absolute Gasteiger partial charge is 0.262 e. The average Bonchev–Trinajstić information content (AvgIpc) is 2.37. The van der Waals surface area contributed by atoms with Crippen LogP contribution in [0.4, 0.5) is 5.82 Å². The summed E-state index contributed by atoms with van der Waals surface area (Å²) in [6.45, 7) is 9.70. The lowest BCUT2D eigenvalue weighted by atomic mass is 9.71. The second kappa shape index (κ2) is 6.50. The van der Waals surface area contributed by atoms with E-state index in [0.717, 1.165) is 19.4 Å². The molecule has 2 rings (SSSR count). The van der Waals surface area contributed by atoms with Crippen molar-refractivity contribution in [2.45, 2.75) is 53.1 Å². The van der Waals surface area contributed by atoms with Crippen molar-refractivity contribution < 1.29 is 9.47 Å². The molecule has 21 heavy (non-hydrogen) atoms. The zero-order valence-electron chi connectivity index (χ0n) is 13.8. The highest BCUT2D eigenvalue weighted by Gasteiger charge is 2.34. The summed E-state index contributed by atoms with van der Waals surface area (Å²) >= 11 is 0. The molecule has 1 aromatic heterocycles. The van der Waals surface area contributed by atoms with Crippen LogP contribution in [0, 0.1) is 11.3 Å². The molecule has 0 spiro atoms. The number of aromatic nitrogens is 2. The van der Waals surface area contributed by atoms with Crippen molar-refractivity contribution in [2.24, 2.45) is 11.3 Å². The first-order chi connectivity index (χ1) is 9.95. The van der Waals surface area contributed by atoms with Gasteiger partial charge in [-0.3, -0.25) is 0 Å². The minimum Gasteiger partial charge on any atom is -0.489 e. The Labute approximate surface area is 127 Å². The summed E-state index contributed by atoms with van der Waals surface area (Å²) in [5.74, 6) is 2.49. The molecular formula is C16H27N3O2. The fourth-order valence-corrected chi connectivity index (χ4v) is 3.42. The molecule has 0 radical (unpaired) electrons. The molecule has 1 aliphatic carbocycles. The van der Waals surface area contributed by atoms with Gasteiger partial charge in [0.1, 0.15) is 12.4 Å².